The van der Waals surface area contributed by atoms with Crippen molar-refractivity contribution in [3.8, 4) is 0 Å². The van der Waals surface area contributed by atoms with Crippen LogP contribution >= 0.6 is 22.9 Å². The number of aryl methyl sites for hydroxylation is 1. The smallest absolute Gasteiger partial charge is 0.0384 e. The Morgan fingerprint density at radius 1 is 1.43 bits per heavy atom. The lowest BCUT2D eigenvalue weighted by Crippen LogP contribution is -2.20. The highest BCUT2D eigenvalue weighted by molar-refractivity contribution is 7.07. The van der Waals surface area contributed by atoms with E-state index in [0.717, 1.165) is 6.42 Å². The molecule has 0 aliphatic heterocycles. The Balaban J connectivity index is 2.22. The van der Waals surface area contributed by atoms with Crippen molar-refractivity contribution in [2.24, 2.45) is 5.41 Å². The molecule has 2 heteroatoms. The molecule has 0 fully saturated rings. The van der Waals surface area contributed by atoms with Gasteiger partial charge in [-0.2, -0.15) is 11.3 Å². The summed E-state index contributed by atoms with van der Waals surface area (Å²) in [5.74, 6) is 0. The summed E-state index contributed by atoms with van der Waals surface area (Å²) in [5, 5.41) is 4.65. The van der Waals surface area contributed by atoms with Gasteiger partial charge in [-0.05, 0) is 47.1 Å². The van der Waals surface area contributed by atoms with Gasteiger partial charge in [0.15, 0.2) is 0 Å². The van der Waals surface area contributed by atoms with Crippen molar-refractivity contribution in [1.82, 2.24) is 0 Å². The van der Waals surface area contributed by atoms with Crippen LogP contribution in [0.1, 0.15) is 39.2 Å². The topological polar surface area (TPSA) is 0 Å². The molecule has 0 N–H and O–H groups in total. The van der Waals surface area contributed by atoms with Crippen molar-refractivity contribution in [2.75, 3.05) is 0 Å². The molecule has 1 rings (SSSR count). The van der Waals surface area contributed by atoms with Gasteiger partial charge in [-0.1, -0.05) is 20.8 Å². The molecule has 0 aliphatic carbocycles. The monoisotopic (exact) mass is 230 g/mol. The van der Waals surface area contributed by atoms with E-state index in [1.54, 1.807) is 11.3 Å². The Morgan fingerprint density at radius 3 is 2.64 bits per heavy atom. The number of thiophene rings is 1. The zero-order valence-electron chi connectivity index (χ0n) is 9.22. The number of rotatable bonds is 4. The molecule has 1 aromatic heterocycles. The molecular weight excluding hydrogens is 212 g/mol. The molecule has 1 aromatic rings. The minimum absolute atomic E-state index is 0.232. The molecule has 0 aromatic carbocycles. The molecule has 1 atom stereocenters. The Kier molecular flexibility index (Phi) is 4.46. The number of hydrogen-bond acceptors (Lipinski definition) is 1. The lowest BCUT2D eigenvalue weighted by molar-refractivity contribution is 0.369. The average molecular weight is 231 g/mol. The van der Waals surface area contributed by atoms with E-state index < -0.39 is 0 Å². The third kappa shape index (κ3) is 4.02. The van der Waals surface area contributed by atoms with Crippen LogP contribution in [0, 0.1) is 5.41 Å². The molecule has 0 aliphatic rings. The van der Waals surface area contributed by atoms with Gasteiger partial charge in [-0.25, -0.2) is 0 Å². The highest BCUT2D eigenvalue weighted by atomic mass is 35.5. The summed E-state index contributed by atoms with van der Waals surface area (Å²) in [6.45, 7) is 6.61. The average Bonchev–Trinajstić information content (AvgIpc) is 2.55. The van der Waals surface area contributed by atoms with Crippen LogP contribution in [0.5, 0.6) is 0 Å². The summed E-state index contributed by atoms with van der Waals surface area (Å²) in [6, 6.07) is 2.20. The quantitative estimate of drug-likeness (QED) is 0.657. The van der Waals surface area contributed by atoms with Gasteiger partial charge in [0.05, 0.1) is 0 Å². The van der Waals surface area contributed by atoms with Gasteiger partial charge in [0, 0.05) is 5.38 Å². The van der Waals surface area contributed by atoms with Crippen LogP contribution in [0.15, 0.2) is 16.8 Å². The molecule has 0 saturated heterocycles. The standard InChI is InChI=1S/C12H19ClS/c1-12(2,3)11(13)6-4-5-10-7-8-14-9-10/h7-9,11H,4-6H2,1-3H3. The van der Waals surface area contributed by atoms with Crippen LogP contribution in [-0.2, 0) is 6.42 Å². The van der Waals surface area contributed by atoms with Crippen molar-refractivity contribution in [3.63, 3.8) is 0 Å². The van der Waals surface area contributed by atoms with Gasteiger partial charge < -0.3 is 0 Å². The zero-order chi connectivity index (χ0) is 10.6. The molecule has 0 saturated carbocycles. The number of halogens is 1. The van der Waals surface area contributed by atoms with Crippen molar-refractivity contribution >= 4 is 22.9 Å². The summed E-state index contributed by atoms with van der Waals surface area (Å²) in [6.07, 6.45) is 3.48. The number of hydrogen-bond donors (Lipinski definition) is 0. The van der Waals surface area contributed by atoms with Gasteiger partial charge in [0.1, 0.15) is 0 Å². The van der Waals surface area contributed by atoms with E-state index in [-0.39, 0.29) is 5.41 Å². The molecule has 0 amide bonds. The summed E-state index contributed by atoms with van der Waals surface area (Å²) >= 11 is 8.07. The normalized spacial score (nSPS) is 14.3. The summed E-state index contributed by atoms with van der Waals surface area (Å²) in [5.41, 5.74) is 1.68. The van der Waals surface area contributed by atoms with E-state index in [4.69, 9.17) is 11.6 Å². The molecule has 1 heterocycles. The van der Waals surface area contributed by atoms with Crippen molar-refractivity contribution in [2.45, 2.75) is 45.4 Å². The second-order valence-electron chi connectivity index (χ2n) is 4.86. The fourth-order valence-electron chi connectivity index (χ4n) is 1.35. The van der Waals surface area contributed by atoms with E-state index in [1.165, 1.54) is 18.4 Å². The summed E-state index contributed by atoms with van der Waals surface area (Å²) < 4.78 is 0. The maximum atomic E-state index is 6.30. The van der Waals surface area contributed by atoms with Gasteiger partial charge in [0.2, 0.25) is 0 Å². The van der Waals surface area contributed by atoms with Gasteiger partial charge in [-0.3, -0.25) is 0 Å². The number of alkyl halides is 1. The fraction of sp³-hybridized carbons (Fsp3) is 0.667. The molecule has 0 nitrogen and oxygen atoms in total. The van der Waals surface area contributed by atoms with E-state index in [0.29, 0.717) is 5.38 Å². The first-order valence-electron chi connectivity index (χ1n) is 5.15. The molecular formula is C12H19ClS. The Hall–Kier alpha value is -0.0100. The highest BCUT2D eigenvalue weighted by Gasteiger charge is 2.21. The van der Waals surface area contributed by atoms with Crippen LogP contribution in [0.2, 0.25) is 0 Å². The van der Waals surface area contributed by atoms with E-state index in [9.17, 15) is 0 Å². The molecule has 0 bridgehead atoms. The van der Waals surface area contributed by atoms with Crippen LogP contribution in [-0.4, -0.2) is 5.38 Å². The maximum Gasteiger partial charge on any atom is 0.0384 e. The molecule has 0 spiro atoms. The lowest BCUT2D eigenvalue weighted by Gasteiger charge is -2.24. The predicted octanol–water partition coefficient (Wildman–Crippen LogP) is 4.72. The Bertz CT molecular complexity index is 246. The molecule has 1 unspecified atom stereocenters. The van der Waals surface area contributed by atoms with E-state index in [2.05, 4.69) is 37.6 Å². The Labute approximate surface area is 96.3 Å². The maximum absolute atomic E-state index is 6.30. The second-order valence-corrected chi connectivity index (χ2v) is 6.16. The lowest BCUT2D eigenvalue weighted by atomic mass is 9.88. The van der Waals surface area contributed by atoms with Gasteiger partial charge in [0.25, 0.3) is 0 Å². The fourth-order valence-corrected chi connectivity index (χ4v) is 2.21. The van der Waals surface area contributed by atoms with Gasteiger partial charge in [-0.15, -0.1) is 11.6 Å². The molecule has 0 radical (unpaired) electrons. The van der Waals surface area contributed by atoms with Gasteiger partial charge >= 0.3 is 0 Å². The van der Waals surface area contributed by atoms with Crippen LogP contribution < -0.4 is 0 Å². The van der Waals surface area contributed by atoms with Crippen molar-refractivity contribution < 1.29 is 0 Å². The second kappa shape index (κ2) is 5.18. The largest absolute Gasteiger partial charge is 0.152 e. The summed E-state index contributed by atoms with van der Waals surface area (Å²) in [7, 11) is 0. The first kappa shape index (κ1) is 12.1. The van der Waals surface area contributed by atoms with E-state index >= 15 is 0 Å². The first-order valence-corrected chi connectivity index (χ1v) is 6.53. The minimum atomic E-state index is 0.232. The minimum Gasteiger partial charge on any atom is -0.152 e. The van der Waals surface area contributed by atoms with Crippen molar-refractivity contribution in [3.05, 3.63) is 22.4 Å². The van der Waals surface area contributed by atoms with Crippen LogP contribution in [0.4, 0.5) is 0 Å². The van der Waals surface area contributed by atoms with Crippen LogP contribution in [0.3, 0.4) is 0 Å². The predicted molar refractivity (Wildman–Crippen MR) is 66.4 cm³/mol. The molecule has 14 heavy (non-hydrogen) atoms. The first-order chi connectivity index (χ1) is 6.50. The molecule has 80 valence electrons. The Morgan fingerprint density at radius 2 is 2.14 bits per heavy atom. The third-order valence-corrected chi connectivity index (χ3v) is 4.05. The van der Waals surface area contributed by atoms with Crippen LogP contribution in [0.25, 0.3) is 0 Å². The highest BCUT2D eigenvalue weighted by Crippen LogP contribution is 2.28. The third-order valence-electron chi connectivity index (χ3n) is 2.44. The van der Waals surface area contributed by atoms with Crippen molar-refractivity contribution in [1.29, 1.82) is 0 Å². The SMILES string of the molecule is CC(C)(C)C(Cl)CCCc1ccsc1. The van der Waals surface area contributed by atoms with E-state index in [1.807, 2.05) is 0 Å². The zero-order valence-corrected chi connectivity index (χ0v) is 10.8. The summed E-state index contributed by atoms with van der Waals surface area (Å²) in [4.78, 5) is 0.